The van der Waals surface area contributed by atoms with Crippen LogP contribution in [-0.4, -0.2) is 84.2 Å². The van der Waals surface area contributed by atoms with Crippen molar-refractivity contribution in [2.75, 3.05) is 57.8 Å². The van der Waals surface area contributed by atoms with E-state index in [0.29, 0.717) is 42.1 Å². The van der Waals surface area contributed by atoms with Gasteiger partial charge in [0.15, 0.2) is 0 Å². The monoisotopic (exact) mass is 620 g/mol. The first-order chi connectivity index (χ1) is 17.7. The van der Waals surface area contributed by atoms with Crippen molar-refractivity contribution >= 4 is 48.9 Å². The zero-order chi connectivity index (χ0) is 26.4. The number of halogens is 3. The van der Waals surface area contributed by atoms with Gasteiger partial charge in [0.25, 0.3) is 5.91 Å². The normalized spacial score (nSPS) is 19.6. The number of nitrogens with zero attached hydrogens (tertiary/aromatic N) is 4. The van der Waals surface area contributed by atoms with Gasteiger partial charge >= 0.3 is 0 Å². The fraction of sp³-hybridized carbons (Fsp3) is 0.679. The van der Waals surface area contributed by atoms with E-state index in [-0.39, 0.29) is 54.6 Å². The molecule has 2 aromatic heterocycles. The summed E-state index contributed by atoms with van der Waals surface area (Å²) >= 11 is 0. The van der Waals surface area contributed by atoms with E-state index < -0.39 is 0 Å². The molecule has 0 radical (unpaired) electrons. The van der Waals surface area contributed by atoms with Gasteiger partial charge in [0.2, 0.25) is 0 Å². The number of amides is 1. The highest BCUT2D eigenvalue weighted by Gasteiger charge is 2.33. The lowest BCUT2D eigenvalue weighted by atomic mass is 9.92. The minimum atomic E-state index is -0.236. The molecule has 0 aliphatic carbocycles. The van der Waals surface area contributed by atoms with Crippen LogP contribution in [0.15, 0.2) is 29.0 Å². The van der Waals surface area contributed by atoms with Gasteiger partial charge in [-0.05, 0) is 36.9 Å². The number of anilines is 1. The summed E-state index contributed by atoms with van der Waals surface area (Å²) in [6, 6.07) is 3.89. The van der Waals surface area contributed by atoms with Gasteiger partial charge in [-0.1, -0.05) is 34.6 Å². The SMILES string of the molecule is CC(C)CN(C(=O)c1cnc(C(C)(C)C)nc1NCc1ccco1)[C@@H]1CNC[C@H](CN2CCOCC2)C1.Cl.Cl.Cl. The fourth-order valence-corrected chi connectivity index (χ4v) is 5.10. The van der Waals surface area contributed by atoms with E-state index in [9.17, 15) is 4.79 Å². The molecule has 0 saturated carbocycles. The lowest BCUT2D eigenvalue weighted by molar-refractivity contribution is 0.0235. The average molecular weight is 622 g/mol. The summed E-state index contributed by atoms with van der Waals surface area (Å²) in [6.45, 7) is 18.1. The number of nitrogens with one attached hydrogen (secondary N) is 2. The summed E-state index contributed by atoms with van der Waals surface area (Å²) in [6.07, 6.45) is 4.34. The van der Waals surface area contributed by atoms with Crippen molar-refractivity contribution in [1.29, 1.82) is 0 Å². The van der Waals surface area contributed by atoms with Gasteiger partial charge in [0.1, 0.15) is 23.0 Å². The standard InChI is InChI=1S/C28H44N6O3.3ClH/c1-20(2)18-34(22-13-21(14-29-15-22)19-33-8-11-36-12-9-33)26(35)24-17-31-27(28(3,4)5)32-25(24)30-16-23-7-6-10-37-23;;;/h6-7,10,17,20-22,29H,8-9,11-16,18-19H2,1-5H3,(H,30,31,32);3*1H/t21-,22+;;;/m1.../s1. The summed E-state index contributed by atoms with van der Waals surface area (Å²) in [5.41, 5.74) is 0.274. The van der Waals surface area contributed by atoms with Gasteiger partial charge in [-0.25, -0.2) is 9.97 Å². The second kappa shape index (κ2) is 16.7. The molecule has 2 fully saturated rings. The zero-order valence-corrected chi connectivity index (χ0v) is 26.8. The van der Waals surface area contributed by atoms with E-state index in [1.54, 1.807) is 12.5 Å². The van der Waals surface area contributed by atoms with Crippen LogP contribution >= 0.6 is 37.2 Å². The molecule has 0 spiro atoms. The molecular weight excluding hydrogens is 575 g/mol. The molecule has 2 aliphatic heterocycles. The molecule has 1 amide bonds. The van der Waals surface area contributed by atoms with Crippen LogP contribution in [0, 0.1) is 11.8 Å². The third-order valence-electron chi connectivity index (χ3n) is 7.00. The number of carbonyl (C=O) groups is 1. The largest absolute Gasteiger partial charge is 0.467 e. The van der Waals surface area contributed by atoms with Crippen LogP contribution in [0.2, 0.25) is 0 Å². The first-order valence-corrected chi connectivity index (χ1v) is 13.7. The molecule has 4 rings (SSSR count). The lowest BCUT2D eigenvalue weighted by Gasteiger charge is -2.40. The maximum Gasteiger partial charge on any atom is 0.259 e. The van der Waals surface area contributed by atoms with E-state index in [2.05, 4.69) is 60.0 Å². The highest BCUT2D eigenvalue weighted by atomic mass is 35.5. The molecule has 9 nitrogen and oxygen atoms in total. The van der Waals surface area contributed by atoms with E-state index in [0.717, 1.165) is 58.1 Å². The summed E-state index contributed by atoms with van der Waals surface area (Å²) < 4.78 is 11.0. The third-order valence-corrected chi connectivity index (χ3v) is 7.00. The minimum absolute atomic E-state index is 0. The molecular formula is C28H47Cl3N6O3. The molecule has 2 saturated heterocycles. The molecule has 40 heavy (non-hydrogen) atoms. The Balaban J connectivity index is 0.00000267. The molecule has 0 aromatic carbocycles. The Labute approximate surface area is 257 Å². The predicted molar refractivity (Wildman–Crippen MR) is 166 cm³/mol. The quantitative estimate of drug-likeness (QED) is 0.418. The number of morpholine rings is 1. The molecule has 2 aromatic rings. The Kier molecular flexibility index (Phi) is 15.2. The number of hydrogen-bond acceptors (Lipinski definition) is 8. The Morgan fingerprint density at radius 3 is 2.55 bits per heavy atom. The summed E-state index contributed by atoms with van der Waals surface area (Å²) in [7, 11) is 0. The van der Waals surface area contributed by atoms with Gasteiger partial charge in [-0.15, -0.1) is 37.2 Å². The number of ether oxygens (including phenoxy) is 1. The maximum atomic E-state index is 14.1. The van der Waals surface area contributed by atoms with Crippen molar-refractivity contribution < 1.29 is 13.9 Å². The third kappa shape index (κ3) is 10.0. The van der Waals surface area contributed by atoms with Crippen molar-refractivity contribution in [1.82, 2.24) is 25.1 Å². The molecule has 12 heteroatoms. The van der Waals surface area contributed by atoms with Crippen LogP contribution in [0.1, 0.15) is 63.0 Å². The van der Waals surface area contributed by atoms with Crippen molar-refractivity contribution in [2.24, 2.45) is 11.8 Å². The molecule has 228 valence electrons. The predicted octanol–water partition coefficient (Wildman–Crippen LogP) is 4.65. The molecule has 2 N–H and O–H groups in total. The fourth-order valence-electron chi connectivity index (χ4n) is 5.10. The van der Waals surface area contributed by atoms with Crippen molar-refractivity contribution in [2.45, 2.75) is 59.0 Å². The number of carbonyl (C=O) groups excluding carboxylic acids is 1. The van der Waals surface area contributed by atoms with E-state index >= 15 is 0 Å². The lowest BCUT2D eigenvalue weighted by Crippen LogP contribution is -2.54. The summed E-state index contributed by atoms with van der Waals surface area (Å²) in [4.78, 5) is 28.1. The van der Waals surface area contributed by atoms with Crippen molar-refractivity contribution in [3.8, 4) is 0 Å². The Morgan fingerprint density at radius 1 is 1.20 bits per heavy atom. The Hall–Kier alpha value is -1.62. The van der Waals surface area contributed by atoms with E-state index in [1.807, 2.05) is 12.1 Å². The van der Waals surface area contributed by atoms with Gasteiger partial charge in [0.05, 0.1) is 26.0 Å². The molecule has 0 bridgehead atoms. The summed E-state index contributed by atoms with van der Waals surface area (Å²) in [5, 5.41) is 6.97. The number of rotatable bonds is 9. The van der Waals surface area contributed by atoms with Gasteiger partial charge in [-0.3, -0.25) is 9.69 Å². The molecule has 2 atom stereocenters. The Morgan fingerprint density at radius 2 is 1.93 bits per heavy atom. The summed E-state index contributed by atoms with van der Waals surface area (Å²) in [5.74, 6) is 2.87. The number of hydrogen-bond donors (Lipinski definition) is 2. The van der Waals surface area contributed by atoms with E-state index in [4.69, 9.17) is 14.1 Å². The average Bonchev–Trinajstić information content (AvgIpc) is 3.39. The van der Waals surface area contributed by atoms with Crippen molar-refractivity contribution in [3.05, 3.63) is 41.7 Å². The van der Waals surface area contributed by atoms with Crippen LogP contribution in [0.4, 0.5) is 5.82 Å². The van der Waals surface area contributed by atoms with E-state index in [1.165, 1.54) is 0 Å². The number of furan rings is 1. The van der Waals surface area contributed by atoms with Crippen molar-refractivity contribution in [3.63, 3.8) is 0 Å². The van der Waals surface area contributed by atoms with Crippen LogP contribution in [0.3, 0.4) is 0 Å². The highest BCUT2D eigenvalue weighted by molar-refractivity contribution is 5.98. The van der Waals surface area contributed by atoms with Crippen LogP contribution in [0.5, 0.6) is 0 Å². The first-order valence-electron chi connectivity index (χ1n) is 13.7. The molecule has 4 heterocycles. The zero-order valence-electron chi connectivity index (χ0n) is 24.4. The van der Waals surface area contributed by atoms with Gasteiger partial charge in [-0.2, -0.15) is 0 Å². The smallest absolute Gasteiger partial charge is 0.259 e. The Bertz CT molecular complexity index is 1010. The van der Waals surface area contributed by atoms with Gasteiger partial charge < -0.3 is 24.7 Å². The minimum Gasteiger partial charge on any atom is -0.467 e. The number of aromatic nitrogens is 2. The van der Waals surface area contributed by atoms with Crippen LogP contribution < -0.4 is 10.6 Å². The second-order valence-corrected chi connectivity index (χ2v) is 11.8. The maximum absolute atomic E-state index is 14.1. The highest BCUT2D eigenvalue weighted by Crippen LogP contribution is 2.26. The first kappa shape index (κ1) is 36.4. The van der Waals surface area contributed by atoms with Crippen LogP contribution in [-0.2, 0) is 16.7 Å². The molecule has 0 unspecified atom stereocenters. The van der Waals surface area contributed by atoms with Crippen LogP contribution in [0.25, 0.3) is 0 Å². The number of piperidine rings is 1. The topological polar surface area (TPSA) is 95.8 Å². The molecule has 2 aliphatic rings. The van der Waals surface area contributed by atoms with Gasteiger partial charge in [0, 0.05) is 50.4 Å². The second-order valence-electron chi connectivity index (χ2n) is 11.8.